The van der Waals surface area contributed by atoms with Crippen LogP contribution < -0.4 is 10.6 Å². The Balaban J connectivity index is 1.47. The largest absolute Gasteiger partial charge is 0.472 e. The van der Waals surface area contributed by atoms with Gasteiger partial charge < -0.3 is 20.0 Å². The summed E-state index contributed by atoms with van der Waals surface area (Å²) in [4.78, 5) is 42.5. The first-order chi connectivity index (χ1) is 13.0. The molecule has 0 saturated carbocycles. The van der Waals surface area contributed by atoms with Crippen molar-refractivity contribution in [1.82, 2.24) is 15.2 Å². The summed E-state index contributed by atoms with van der Waals surface area (Å²) in [5, 5.41) is 5.54. The summed E-state index contributed by atoms with van der Waals surface area (Å²) < 4.78 is 4.87. The zero-order valence-electron chi connectivity index (χ0n) is 15.1. The molecule has 0 unspecified atom stereocenters. The first-order valence-corrected chi connectivity index (χ1v) is 8.87. The van der Waals surface area contributed by atoms with Gasteiger partial charge in [0.15, 0.2) is 0 Å². The van der Waals surface area contributed by atoms with Crippen molar-refractivity contribution in [1.29, 1.82) is 0 Å². The van der Waals surface area contributed by atoms with Crippen LogP contribution in [0.2, 0.25) is 0 Å². The Morgan fingerprint density at radius 2 is 1.89 bits per heavy atom. The number of anilines is 1. The smallest absolute Gasteiger partial charge is 0.255 e. The van der Waals surface area contributed by atoms with Gasteiger partial charge in [-0.2, -0.15) is 0 Å². The first kappa shape index (κ1) is 18.6. The van der Waals surface area contributed by atoms with E-state index in [1.807, 2.05) is 0 Å². The van der Waals surface area contributed by atoms with Crippen molar-refractivity contribution in [3.05, 3.63) is 48.7 Å². The van der Waals surface area contributed by atoms with E-state index in [-0.39, 0.29) is 23.6 Å². The van der Waals surface area contributed by atoms with Crippen LogP contribution in [-0.4, -0.2) is 46.7 Å². The number of aromatic nitrogens is 1. The second-order valence-corrected chi connectivity index (χ2v) is 6.53. The van der Waals surface area contributed by atoms with Crippen LogP contribution in [0.4, 0.5) is 5.69 Å². The normalized spacial score (nSPS) is 15.8. The molecular weight excluding hydrogens is 348 g/mol. The van der Waals surface area contributed by atoms with Gasteiger partial charge in [0.25, 0.3) is 5.91 Å². The SMILES string of the molecule is C[C@@H](NC(=O)c1ccoc1)C(=O)N1CCC(C(=O)Nc2ccncc2)CC1. The van der Waals surface area contributed by atoms with Crippen molar-refractivity contribution in [2.45, 2.75) is 25.8 Å². The van der Waals surface area contributed by atoms with E-state index in [4.69, 9.17) is 4.42 Å². The summed E-state index contributed by atoms with van der Waals surface area (Å²) >= 11 is 0. The minimum atomic E-state index is -0.644. The molecule has 3 rings (SSSR count). The lowest BCUT2D eigenvalue weighted by Crippen LogP contribution is -2.50. The first-order valence-electron chi connectivity index (χ1n) is 8.87. The lowest BCUT2D eigenvalue weighted by atomic mass is 9.95. The molecule has 2 aromatic heterocycles. The Morgan fingerprint density at radius 3 is 2.52 bits per heavy atom. The van der Waals surface area contributed by atoms with Crippen molar-refractivity contribution in [3.8, 4) is 0 Å². The van der Waals surface area contributed by atoms with E-state index in [0.29, 0.717) is 37.2 Å². The van der Waals surface area contributed by atoms with Crippen molar-refractivity contribution in [3.63, 3.8) is 0 Å². The third kappa shape index (κ3) is 4.72. The van der Waals surface area contributed by atoms with Crippen LogP contribution in [0, 0.1) is 5.92 Å². The predicted octanol–water partition coefficient (Wildman–Crippen LogP) is 1.67. The molecule has 8 heteroatoms. The van der Waals surface area contributed by atoms with Gasteiger partial charge in [-0.05, 0) is 38.0 Å². The summed E-state index contributed by atoms with van der Waals surface area (Å²) in [5.74, 6) is -0.691. The van der Waals surface area contributed by atoms with Crippen LogP contribution in [0.15, 0.2) is 47.5 Å². The second kappa shape index (κ2) is 8.48. The fraction of sp³-hybridized carbons (Fsp3) is 0.368. The van der Waals surface area contributed by atoms with E-state index < -0.39 is 6.04 Å². The number of hydrogen-bond donors (Lipinski definition) is 2. The molecule has 8 nitrogen and oxygen atoms in total. The quantitative estimate of drug-likeness (QED) is 0.833. The molecule has 1 atom stereocenters. The number of carbonyl (C=O) groups excluding carboxylic acids is 3. The van der Waals surface area contributed by atoms with Crippen LogP contribution >= 0.6 is 0 Å². The number of nitrogens with zero attached hydrogens (tertiary/aromatic N) is 2. The van der Waals surface area contributed by atoms with Crippen LogP contribution in [0.5, 0.6) is 0 Å². The zero-order chi connectivity index (χ0) is 19.2. The number of likely N-dealkylation sites (tertiary alicyclic amines) is 1. The molecule has 142 valence electrons. The number of nitrogens with one attached hydrogen (secondary N) is 2. The van der Waals surface area contributed by atoms with Gasteiger partial charge in [-0.15, -0.1) is 0 Å². The van der Waals surface area contributed by atoms with Crippen LogP contribution in [0.3, 0.4) is 0 Å². The maximum Gasteiger partial charge on any atom is 0.255 e. The molecule has 0 aromatic carbocycles. The van der Waals surface area contributed by atoms with E-state index >= 15 is 0 Å². The molecule has 1 fully saturated rings. The Bertz CT molecular complexity index is 783. The van der Waals surface area contributed by atoms with Crippen molar-refractivity contribution in [2.75, 3.05) is 18.4 Å². The fourth-order valence-electron chi connectivity index (χ4n) is 3.05. The van der Waals surface area contributed by atoms with Gasteiger partial charge in [0.1, 0.15) is 12.3 Å². The Kier molecular flexibility index (Phi) is 5.85. The summed E-state index contributed by atoms with van der Waals surface area (Å²) in [6, 6.07) is 4.37. The number of pyridine rings is 1. The maximum absolute atomic E-state index is 12.6. The number of amides is 3. The van der Waals surface area contributed by atoms with E-state index in [2.05, 4.69) is 15.6 Å². The average molecular weight is 370 g/mol. The third-order valence-corrected chi connectivity index (χ3v) is 4.63. The molecule has 0 aliphatic carbocycles. The van der Waals surface area contributed by atoms with Gasteiger partial charge in [0.05, 0.1) is 11.8 Å². The molecule has 3 heterocycles. The minimum Gasteiger partial charge on any atom is -0.472 e. The van der Waals surface area contributed by atoms with E-state index in [0.717, 1.165) is 0 Å². The highest BCUT2D eigenvalue weighted by molar-refractivity contribution is 5.97. The summed E-state index contributed by atoms with van der Waals surface area (Å²) in [6.07, 6.45) is 7.16. The second-order valence-electron chi connectivity index (χ2n) is 6.53. The number of rotatable bonds is 5. The summed E-state index contributed by atoms with van der Waals surface area (Å²) in [5.41, 5.74) is 1.09. The highest BCUT2D eigenvalue weighted by Gasteiger charge is 2.30. The average Bonchev–Trinajstić information content (AvgIpc) is 3.23. The van der Waals surface area contributed by atoms with Crippen molar-refractivity contribution >= 4 is 23.4 Å². The molecule has 0 spiro atoms. The Labute approximate surface area is 156 Å². The van der Waals surface area contributed by atoms with Gasteiger partial charge in [-0.1, -0.05) is 0 Å². The molecule has 1 aliphatic rings. The molecule has 2 aromatic rings. The van der Waals surface area contributed by atoms with E-state index in [9.17, 15) is 14.4 Å². The third-order valence-electron chi connectivity index (χ3n) is 4.63. The van der Waals surface area contributed by atoms with Crippen LogP contribution in [0.1, 0.15) is 30.1 Å². The highest BCUT2D eigenvalue weighted by atomic mass is 16.3. The van der Waals surface area contributed by atoms with Crippen molar-refractivity contribution < 1.29 is 18.8 Å². The molecule has 1 saturated heterocycles. The molecule has 2 N–H and O–H groups in total. The summed E-state index contributed by atoms with van der Waals surface area (Å²) in [6.45, 7) is 2.63. The van der Waals surface area contributed by atoms with Gasteiger partial charge in [0, 0.05) is 37.1 Å². The number of carbonyl (C=O) groups is 3. The van der Waals surface area contributed by atoms with Gasteiger partial charge in [0.2, 0.25) is 11.8 Å². The molecular formula is C19H22N4O4. The molecule has 1 aliphatic heterocycles. The van der Waals surface area contributed by atoms with E-state index in [1.165, 1.54) is 12.5 Å². The molecule has 3 amide bonds. The Hall–Kier alpha value is -3.16. The number of furan rings is 1. The van der Waals surface area contributed by atoms with Crippen molar-refractivity contribution in [2.24, 2.45) is 5.92 Å². The monoisotopic (exact) mass is 370 g/mol. The van der Waals surface area contributed by atoms with E-state index in [1.54, 1.807) is 42.4 Å². The zero-order valence-corrected chi connectivity index (χ0v) is 15.1. The number of hydrogen-bond acceptors (Lipinski definition) is 5. The standard InChI is InChI=1S/C19H22N4O4/c1-13(21-18(25)15-6-11-27-12-15)19(26)23-9-4-14(5-10-23)17(24)22-16-2-7-20-8-3-16/h2-3,6-8,11-14H,4-5,9-10H2,1H3,(H,21,25)(H,20,22,24)/t13-/m1/s1. The fourth-order valence-corrected chi connectivity index (χ4v) is 3.05. The summed E-state index contributed by atoms with van der Waals surface area (Å²) in [7, 11) is 0. The lowest BCUT2D eigenvalue weighted by Gasteiger charge is -2.33. The molecule has 27 heavy (non-hydrogen) atoms. The number of piperidine rings is 1. The highest BCUT2D eigenvalue weighted by Crippen LogP contribution is 2.20. The van der Waals surface area contributed by atoms with Crippen LogP contribution in [0.25, 0.3) is 0 Å². The van der Waals surface area contributed by atoms with Gasteiger partial charge >= 0.3 is 0 Å². The predicted molar refractivity (Wildman–Crippen MR) is 97.8 cm³/mol. The Morgan fingerprint density at radius 1 is 1.19 bits per heavy atom. The maximum atomic E-state index is 12.6. The molecule has 0 bridgehead atoms. The van der Waals surface area contributed by atoms with Crippen LogP contribution in [-0.2, 0) is 9.59 Å². The van der Waals surface area contributed by atoms with Gasteiger partial charge in [-0.3, -0.25) is 19.4 Å². The molecule has 0 radical (unpaired) electrons. The minimum absolute atomic E-state index is 0.0467. The topological polar surface area (TPSA) is 105 Å². The van der Waals surface area contributed by atoms with Gasteiger partial charge in [-0.25, -0.2) is 0 Å². The lowest BCUT2D eigenvalue weighted by molar-refractivity contribution is -0.135.